The zero-order chi connectivity index (χ0) is 8.97. The number of benzene rings is 1. The van der Waals surface area contributed by atoms with Crippen molar-refractivity contribution in [2.24, 2.45) is 0 Å². The van der Waals surface area contributed by atoms with E-state index in [1.165, 1.54) is 17.2 Å². The number of rotatable bonds is 2. The van der Waals surface area contributed by atoms with E-state index in [1.807, 2.05) is 25.1 Å². The van der Waals surface area contributed by atoms with E-state index in [9.17, 15) is 4.39 Å². The maximum absolute atomic E-state index is 11.8. The lowest BCUT2D eigenvalue weighted by atomic mass is 10.1. The molecule has 0 aliphatic carbocycles. The van der Waals surface area contributed by atoms with Gasteiger partial charge in [-0.1, -0.05) is 35.9 Å². The van der Waals surface area contributed by atoms with Gasteiger partial charge in [0, 0.05) is 0 Å². The van der Waals surface area contributed by atoms with E-state index in [0.717, 1.165) is 5.56 Å². The molecule has 0 aliphatic heterocycles. The van der Waals surface area contributed by atoms with Crippen molar-refractivity contribution in [3.63, 3.8) is 0 Å². The van der Waals surface area contributed by atoms with E-state index in [2.05, 4.69) is 13.0 Å². The van der Waals surface area contributed by atoms with Crippen molar-refractivity contribution >= 4 is 6.08 Å². The van der Waals surface area contributed by atoms with Crippen LogP contribution >= 0.6 is 0 Å². The molecule has 1 aromatic rings. The minimum absolute atomic E-state index is 0.396. The van der Waals surface area contributed by atoms with Gasteiger partial charge in [0.2, 0.25) is 0 Å². The smallest absolute Gasteiger partial charge is 0.108 e. The van der Waals surface area contributed by atoms with Crippen molar-refractivity contribution in [1.29, 1.82) is 0 Å². The van der Waals surface area contributed by atoms with Gasteiger partial charge in [0.25, 0.3) is 0 Å². The van der Waals surface area contributed by atoms with E-state index in [1.54, 1.807) is 0 Å². The van der Waals surface area contributed by atoms with Crippen LogP contribution in [-0.4, -0.2) is 6.67 Å². The summed E-state index contributed by atoms with van der Waals surface area (Å²) in [5.41, 5.74) is 3.53. The molecule has 12 heavy (non-hydrogen) atoms. The molecule has 0 aromatic heterocycles. The van der Waals surface area contributed by atoms with Crippen LogP contribution in [0.25, 0.3) is 6.08 Å². The Hall–Kier alpha value is -1.11. The highest BCUT2D eigenvalue weighted by Crippen LogP contribution is 2.11. The molecule has 0 saturated carbocycles. The van der Waals surface area contributed by atoms with Crippen LogP contribution in [0.4, 0.5) is 4.39 Å². The van der Waals surface area contributed by atoms with Crippen LogP contribution in [0.2, 0.25) is 0 Å². The SMILES string of the molecule is Cc1ccc(C=CCF)c(C)c1. The summed E-state index contributed by atoms with van der Waals surface area (Å²) in [6.07, 6.45) is 3.34. The fourth-order valence-corrected chi connectivity index (χ4v) is 1.18. The molecule has 0 aliphatic rings. The predicted molar refractivity (Wildman–Crippen MR) is 50.9 cm³/mol. The van der Waals surface area contributed by atoms with Crippen LogP contribution in [0.5, 0.6) is 0 Å². The summed E-state index contributed by atoms with van der Waals surface area (Å²) >= 11 is 0. The Morgan fingerprint density at radius 2 is 2.08 bits per heavy atom. The quantitative estimate of drug-likeness (QED) is 0.629. The Kier molecular flexibility index (Phi) is 3.03. The molecular weight excluding hydrogens is 151 g/mol. The van der Waals surface area contributed by atoms with Crippen molar-refractivity contribution in [1.82, 2.24) is 0 Å². The standard InChI is InChI=1S/C11H13F/c1-9-5-6-11(4-3-7-12)10(2)8-9/h3-6,8H,7H2,1-2H3. The first-order chi connectivity index (χ1) is 5.74. The number of allylic oxidation sites excluding steroid dienone is 1. The zero-order valence-electron chi connectivity index (χ0n) is 7.47. The Morgan fingerprint density at radius 3 is 2.67 bits per heavy atom. The maximum atomic E-state index is 11.8. The maximum Gasteiger partial charge on any atom is 0.108 e. The van der Waals surface area contributed by atoms with Crippen molar-refractivity contribution in [2.45, 2.75) is 13.8 Å². The third-order valence-corrected chi connectivity index (χ3v) is 1.81. The molecule has 0 amide bonds. The second-order valence-corrected chi connectivity index (χ2v) is 2.92. The Balaban J connectivity index is 2.94. The average molecular weight is 164 g/mol. The number of halogens is 1. The van der Waals surface area contributed by atoms with Gasteiger partial charge in [-0.05, 0) is 25.0 Å². The van der Waals surface area contributed by atoms with Crippen molar-refractivity contribution in [3.8, 4) is 0 Å². The third kappa shape index (κ3) is 2.19. The summed E-state index contributed by atoms with van der Waals surface area (Å²) in [7, 11) is 0. The van der Waals surface area contributed by atoms with E-state index >= 15 is 0 Å². The van der Waals surface area contributed by atoms with Gasteiger partial charge in [-0.3, -0.25) is 0 Å². The molecule has 0 unspecified atom stereocenters. The summed E-state index contributed by atoms with van der Waals surface area (Å²) in [6, 6.07) is 6.14. The van der Waals surface area contributed by atoms with Crippen LogP contribution in [0.15, 0.2) is 24.3 Å². The Morgan fingerprint density at radius 1 is 1.33 bits per heavy atom. The summed E-state index contributed by atoms with van der Waals surface area (Å²) in [6.45, 7) is 3.69. The van der Waals surface area contributed by atoms with Gasteiger partial charge in [0.1, 0.15) is 6.67 Å². The monoisotopic (exact) mass is 164 g/mol. The average Bonchev–Trinajstić information content (AvgIpc) is 2.03. The number of hydrogen-bond donors (Lipinski definition) is 0. The van der Waals surface area contributed by atoms with E-state index in [0.29, 0.717) is 0 Å². The summed E-state index contributed by atoms with van der Waals surface area (Å²) in [4.78, 5) is 0. The lowest BCUT2D eigenvalue weighted by Crippen LogP contribution is -1.81. The van der Waals surface area contributed by atoms with E-state index in [4.69, 9.17) is 0 Å². The molecular formula is C11H13F. The third-order valence-electron chi connectivity index (χ3n) is 1.81. The number of hydrogen-bond acceptors (Lipinski definition) is 0. The van der Waals surface area contributed by atoms with Crippen LogP contribution < -0.4 is 0 Å². The molecule has 1 rings (SSSR count). The zero-order valence-corrected chi connectivity index (χ0v) is 7.47. The number of aryl methyl sites for hydroxylation is 2. The molecule has 0 saturated heterocycles. The molecule has 1 heteroatoms. The first kappa shape index (κ1) is 8.98. The molecule has 0 nitrogen and oxygen atoms in total. The first-order valence-electron chi connectivity index (χ1n) is 4.04. The van der Waals surface area contributed by atoms with E-state index < -0.39 is 6.67 Å². The van der Waals surface area contributed by atoms with Gasteiger partial charge < -0.3 is 0 Å². The number of alkyl halides is 1. The highest BCUT2D eigenvalue weighted by atomic mass is 19.1. The van der Waals surface area contributed by atoms with Crippen molar-refractivity contribution in [2.75, 3.05) is 6.67 Å². The summed E-state index contributed by atoms with van der Waals surface area (Å²) in [5, 5.41) is 0. The van der Waals surface area contributed by atoms with Gasteiger partial charge in [-0.25, -0.2) is 4.39 Å². The lowest BCUT2D eigenvalue weighted by Gasteiger charge is -2.00. The van der Waals surface area contributed by atoms with Gasteiger partial charge in [0.15, 0.2) is 0 Å². The summed E-state index contributed by atoms with van der Waals surface area (Å²) < 4.78 is 11.8. The van der Waals surface area contributed by atoms with Crippen LogP contribution in [-0.2, 0) is 0 Å². The minimum Gasteiger partial charge on any atom is -0.247 e. The molecule has 0 bridgehead atoms. The second kappa shape index (κ2) is 4.05. The molecule has 1 aromatic carbocycles. The van der Waals surface area contributed by atoms with Gasteiger partial charge in [-0.15, -0.1) is 0 Å². The molecule has 0 radical (unpaired) electrons. The molecule has 0 fully saturated rings. The Bertz CT molecular complexity index is 287. The molecule has 0 atom stereocenters. The van der Waals surface area contributed by atoms with Crippen molar-refractivity contribution in [3.05, 3.63) is 41.0 Å². The van der Waals surface area contributed by atoms with Crippen LogP contribution in [0.1, 0.15) is 16.7 Å². The lowest BCUT2D eigenvalue weighted by molar-refractivity contribution is 0.563. The molecule has 64 valence electrons. The van der Waals surface area contributed by atoms with Crippen LogP contribution in [0.3, 0.4) is 0 Å². The van der Waals surface area contributed by atoms with Crippen molar-refractivity contribution < 1.29 is 4.39 Å². The molecule has 0 spiro atoms. The van der Waals surface area contributed by atoms with Gasteiger partial charge in [0.05, 0.1) is 0 Å². The second-order valence-electron chi connectivity index (χ2n) is 2.92. The molecule has 0 N–H and O–H groups in total. The summed E-state index contributed by atoms with van der Waals surface area (Å²) in [5.74, 6) is 0. The van der Waals surface area contributed by atoms with Gasteiger partial charge >= 0.3 is 0 Å². The van der Waals surface area contributed by atoms with Crippen LogP contribution in [0, 0.1) is 13.8 Å². The topological polar surface area (TPSA) is 0 Å². The minimum atomic E-state index is -0.396. The largest absolute Gasteiger partial charge is 0.247 e. The predicted octanol–water partition coefficient (Wildman–Crippen LogP) is 3.29. The molecule has 0 heterocycles. The van der Waals surface area contributed by atoms with E-state index in [-0.39, 0.29) is 0 Å². The van der Waals surface area contributed by atoms with Gasteiger partial charge in [-0.2, -0.15) is 0 Å². The fraction of sp³-hybridized carbons (Fsp3) is 0.273. The Labute approximate surface area is 72.7 Å². The highest BCUT2D eigenvalue weighted by molar-refractivity contribution is 5.54. The first-order valence-corrected chi connectivity index (χ1v) is 4.04. The highest BCUT2D eigenvalue weighted by Gasteiger charge is 1.92. The normalized spacial score (nSPS) is 10.9. The fourth-order valence-electron chi connectivity index (χ4n) is 1.18.